The lowest BCUT2D eigenvalue weighted by Gasteiger charge is -2.12. The summed E-state index contributed by atoms with van der Waals surface area (Å²) in [5.74, 6) is 0.430. The van der Waals surface area contributed by atoms with Gasteiger partial charge in [0.05, 0.1) is 12.3 Å². The molecule has 0 aromatic heterocycles. The molecule has 0 atom stereocenters. The maximum absolute atomic E-state index is 12.0. The summed E-state index contributed by atoms with van der Waals surface area (Å²) >= 11 is 0. The Morgan fingerprint density at radius 2 is 2.00 bits per heavy atom. The van der Waals surface area contributed by atoms with Crippen molar-refractivity contribution in [1.29, 1.82) is 0 Å². The van der Waals surface area contributed by atoms with Crippen LogP contribution in [0.2, 0.25) is 0 Å². The molecule has 0 aliphatic carbocycles. The third-order valence-corrected chi connectivity index (χ3v) is 2.52. The zero-order chi connectivity index (χ0) is 14.3. The highest BCUT2D eigenvalue weighted by Crippen LogP contribution is 2.23. The lowest BCUT2D eigenvalue weighted by Crippen LogP contribution is -2.11. The summed E-state index contributed by atoms with van der Waals surface area (Å²) in [6.45, 7) is 1.79. The van der Waals surface area contributed by atoms with Crippen molar-refractivity contribution in [1.82, 2.24) is 0 Å². The molecule has 0 saturated carbocycles. The zero-order valence-corrected chi connectivity index (χ0v) is 10.6. The van der Waals surface area contributed by atoms with Crippen LogP contribution in [-0.2, 0) is 0 Å². The molecule has 0 spiro atoms. The van der Waals surface area contributed by atoms with Crippen LogP contribution in [0.3, 0.4) is 0 Å². The summed E-state index contributed by atoms with van der Waals surface area (Å²) in [6.07, 6.45) is -4.64. The Morgan fingerprint density at radius 3 is 2.58 bits per heavy atom. The van der Waals surface area contributed by atoms with Crippen LogP contribution in [0.5, 0.6) is 5.75 Å². The summed E-state index contributed by atoms with van der Waals surface area (Å²) < 4.78 is 41.3. The second-order valence-electron chi connectivity index (χ2n) is 3.96. The van der Waals surface area contributed by atoms with Gasteiger partial charge in [-0.1, -0.05) is 24.2 Å². The first-order chi connectivity index (χ1) is 8.98. The number of para-hydroxylation sites is 1. The molecule has 1 N–H and O–H groups in total. The lowest BCUT2D eigenvalue weighted by atomic mass is 10.1. The Morgan fingerprint density at radius 1 is 1.32 bits per heavy atom. The van der Waals surface area contributed by atoms with Crippen molar-refractivity contribution in [2.45, 2.75) is 32.4 Å². The Hall–Kier alpha value is -1.72. The number of rotatable bonds is 6. The van der Waals surface area contributed by atoms with Crippen LogP contribution in [-0.4, -0.2) is 23.7 Å². The molecule has 6 heteroatoms. The Bertz CT molecular complexity index is 430. The predicted molar refractivity (Wildman–Crippen MR) is 65.8 cm³/mol. The fourth-order valence-electron chi connectivity index (χ4n) is 1.60. The molecule has 19 heavy (non-hydrogen) atoms. The molecule has 0 unspecified atom stereocenters. The number of ether oxygens (including phenoxy) is 1. The van der Waals surface area contributed by atoms with Crippen molar-refractivity contribution in [3.63, 3.8) is 0 Å². The summed E-state index contributed by atoms with van der Waals surface area (Å²) in [5, 5.41) is 12.0. The normalized spacial score (nSPS) is 12.5. The molecule has 106 valence electrons. The predicted octanol–water partition coefficient (Wildman–Crippen LogP) is 4.00. The van der Waals surface area contributed by atoms with Crippen molar-refractivity contribution >= 4 is 5.71 Å². The second-order valence-corrected chi connectivity index (χ2v) is 3.96. The smallest absolute Gasteiger partial charge is 0.389 e. The highest BCUT2D eigenvalue weighted by molar-refractivity contribution is 6.02. The maximum atomic E-state index is 12.0. The Kier molecular flexibility index (Phi) is 5.66. The Balaban J connectivity index is 2.64. The fourth-order valence-corrected chi connectivity index (χ4v) is 1.60. The zero-order valence-electron chi connectivity index (χ0n) is 10.6. The minimum absolute atomic E-state index is 0.0288. The summed E-state index contributed by atoms with van der Waals surface area (Å²) in [7, 11) is 0. The maximum Gasteiger partial charge on any atom is 0.389 e. The van der Waals surface area contributed by atoms with E-state index in [1.807, 2.05) is 6.92 Å². The molecule has 0 aliphatic heterocycles. The number of hydrogen-bond donors (Lipinski definition) is 1. The van der Waals surface area contributed by atoms with Crippen molar-refractivity contribution < 1.29 is 23.1 Å². The van der Waals surface area contributed by atoms with Crippen LogP contribution in [0, 0.1) is 0 Å². The van der Waals surface area contributed by atoms with Gasteiger partial charge in [-0.05, 0) is 25.0 Å². The number of oxime groups is 1. The van der Waals surface area contributed by atoms with E-state index in [-0.39, 0.29) is 13.0 Å². The van der Waals surface area contributed by atoms with E-state index in [1.54, 1.807) is 24.3 Å². The van der Waals surface area contributed by atoms with E-state index >= 15 is 0 Å². The van der Waals surface area contributed by atoms with Gasteiger partial charge < -0.3 is 9.94 Å². The second kappa shape index (κ2) is 7.01. The fraction of sp³-hybridized carbons (Fsp3) is 0.462. The Labute approximate surface area is 109 Å². The van der Waals surface area contributed by atoms with Gasteiger partial charge in [0.25, 0.3) is 0 Å². The van der Waals surface area contributed by atoms with Crippen LogP contribution in [0.15, 0.2) is 29.4 Å². The van der Waals surface area contributed by atoms with Gasteiger partial charge in [0.15, 0.2) is 0 Å². The molecule has 0 radical (unpaired) electrons. The number of benzene rings is 1. The summed E-state index contributed by atoms with van der Waals surface area (Å²) in [4.78, 5) is 0. The highest BCUT2D eigenvalue weighted by Gasteiger charge is 2.26. The van der Waals surface area contributed by atoms with Gasteiger partial charge in [0, 0.05) is 12.0 Å². The quantitative estimate of drug-likeness (QED) is 0.369. The first kappa shape index (κ1) is 15.3. The monoisotopic (exact) mass is 275 g/mol. The van der Waals surface area contributed by atoms with E-state index in [0.717, 1.165) is 0 Å². The van der Waals surface area contributed by atoms with E-state index in [1.165, 1.54) is 0 Å². The van der Waals surface area contributed by atoms with E-state index < -0.39 is 12.6 Å². The van der Waals surface area contributed by atoms with E-state index in [9.17, 15) is 13.2 Å². The topological polar surface area (TPSA) is 41.8 Å². The molecule has 0 heterocycles. The molecule has 0 aliphatic rings. The van der Waals surface area contributed by atoms with E-state index in [2.05, 4.69) is 5.16 Å². The summed E-state index contributed by atoms with van der Waals surface area (Å²) in [5.41, 5.74) is 1.03. The largest absolute Gasteiger partial charge is 0.493 e. The number of nitrogens with zero attached hydrogens (tertiary/aromatic N) is 1. The van der Waals surface area contributed by atoms with Crippen LogP contribution in [0.25, 0.3) is 0 Å². The van der Waals surface area contributed by atoms with Gasteiger partial charge >= 0.3 is 6.18 Å². The molecule has 0 bridgehead atoms. The molecule has 1 aromatic carbocycles. The average Bonchev–Trinajstić information content (AvgIpc) is 2.36. The highest BCUT2D eigenvalue weighted by atomic mass is 19.4. The molecule has 0 amide bonds. The molecule has 0 fully saturated rings. The summed E-state index contributed by atoms with van der Waals surface area (Å²) in [6, 6.07) is 6.81. The van der Waals surface area contributed by atoms with Crippen LogP contribution >= 0.6 is 0 Å². The SMILES string of the molecule is CC/C(=N/O)c1ccccc1OCCCC(F)(F)F. The minimum atomic E-state index is -4.16. The van der Waals surface area contributed by atoms with Gasteiger partial charge in [-0.15, -0.1) is 0 Å². The van der Waals surface area contributed by atoms with Crippen molar-refractivity contribution in [3.05, 3.63) is 29.8 Å². The van der Waals surface area contributed by atoms with Crippen LogP contribution in [0.1, 0.15) is 31.7 Å². The molecular weight excluding hydrogens is 259 g/mol. The lowest BCUT2D eigenvalue weighted by molar-refractivity contribution is -0.136. The third-order valence-electron chi connectivity index (χ3n) is 2.52. The standard InChI is InChI=1S/C13H16F3NO2/c1-2-11(17-18)10-6-3-4-7-12(10)19-9-5-8-13(14,15)16/h3-4,6-7,18H,2,5,8-9H2,1H3/b17-11-. The number of halogens is 3. The van der Waals surface area contributed by atoms with Gasteiger partial charge in [-0.25, -0.2) is 0 Å². The van der Waals surface area contributed by atoms with Gasteiger partial charge in [0.2, 0.25) is 0 Å². The molecular formula is C13H16F3NO2. The molecule has 1 rings (SSSR count). The first-order valence-electron chi connectivity index (χ1n) is 5.97. The molecule has 3 nitrogen and oxygen atoms in total. The molecule has 0 saturated heterocycles. The van der Waals surface area contributed by atoms with E-state index in [0.29, 0.717) is 23.4 Å². The van der Waals surface area contributed by atoms with Gasteiger partial charge in [0.1, 0.15) is 5.75 Å². The number of hydrogen-bond acceptors (Lipinski definition) is 3. The van der Waals surface area contributed by atoms with Gasteiger partial charge in [-0.2, -0.15) is 13.2 Å². The molecule has 1 aromatic rings. The first-order valence-corrected chi connectivity index (χ1v) is 5.97. The minimum Gasteiger partial charge on any atom is -0.493 e. The number of alkyl halides is 3. The van der Waals surface area contributed by atoms with Gasteiger partial charge in [-0.3, -0.25) is 0 Å². The van der Waals surface area contributed by atoms with Crippen molar-refractivity contribution in [2.24, 2.45) is 5.16 Å². The van der Waals surface area contributed by atoms with E-state index in [4.69, 9.17) is 9.94 Å². The third kappa shape index (κ3) is 5.19. The van der Waals surface area contributed by atoms with Crippen molar-refractivity contribution in [3.8, 4) is 5.75 Å². The van der Waals surface area contributed by atoms with Crippen LogP contribution < -0.4 is 4.74 Å². The average molecular weight is 275 g/mol. The van der Waals surface area contributed by atoms with Crippen LogP contribution in [0.4, 0.5) is 13.2 Å². The van der Waals surface area contributed by atoms with Crippen molar-refractivity contribution in [2.75, 3.05) is 6.61 Å².